The number of pyridine rings is 1. The van der Waals surface area contributed by atoms with Gasteiger partial charge in [0, 0.05) is 42.2 Å². The van der Waals surface area contributed by atoms with E-state index < -0.39 is 0 Å². The molecule has 0 aliphatic carbocycles. The first kappa shape index (κ1) is 15.9. The van der Waals surface area contributed by atoms with E-state index in [0.717, 1.165) is 31.6 Å². The van der Waals surface area contributed by atoms with E-state index >= 15 is 0 Å². The molecule has 2 aromatic heterocycles. The normalized spacial score (nSPS) is 30.6. The van der Waals surface area contributed by atoms with Gasteiger partial charge >= 0.3 is 5.97 Å². The van der Waals surface area contributed by atoms with Crippen LogP contribution in [0.1, 0.15) is 30.6 Å². The molecule has 2 aromatic rings. The van der Waals surface area contributed by atoms with Gasteiger partial charge in [0.05, 0.1) is 31.1 Å². The summed E-state index contributed by atoms with van der Waals surface area (Å²) in [6.07, 6.45) is 5.50. The van der Waals surface area contributed by atoms with Crippen molar-refractivity contribution in [2.45, 2.75) is 31.9 Å². The van der Waals surface area contributed by atoms with Crippen LogP contribution in [-0.4, -0.2) is 47.1 Å². The van der Waals surface area contributed by atoms with Gasteiger partial charge < -0.3 is 14.5 Å². The van der Waals surface area contributed by atoms with Gasteiger partial charge in [0.25, 0.3) is 0 Å². The Hall–Kier alpha value is -2.34. The Labute approximate surface area is 152 Å². The highest BCUT2D eigenvalue weighted by molar-refractivity contribution is 5.89. The van der Waals surface area contributed by atoms with Crippen molar-refractivity contribution in [3.05, 3.63) is 41.4 Å². The molecule has 5 heterocycles. The zero-order valence-electron chi connectivity index (χ0n) is 15.1. The van der Waals surface area contributed by atoms with Crippen LogP contribution in [0.2, 0.25) is 0 Å². The molecule has 3 aliphatic heterocycles. The average molecular weight is 353 g/mol. The second-order valence-electron chi connectivity index (χ2n) is 7.59. The third kappa shape index (κ3) is 2.21. The van der Waals surface area contributed by atoms with Gasteiger partial charge in [0.2, 0.25) is 0 Å². The molecular weight excluding hydrogens is 330 g/mol. The quantitative estimate of drug-likeness (QED) is 0.798. The number of methoxy groups -OCH3 is 1. The molecule has 0 aromatic carbocycles. The molecule has 0 bridgehead atoms. The van der Waals surface area contributed by atoms with Crippen LogP contribution in [0.15, 0.2) is 30.2 Å². The molecule has 26 heavy (non-hydrogen) atoms. The number of aromatic nitrogens is 2. The van der Waals surface area contributed by atoms with Crippen molar-refractivity contribution in [2.24, 2.45) is 11.8 Å². The van der Waals surface area contributed by atoms with Crippen molar-refractivity contribution in [3.8, 4) is 0 Å². The topological polar surface area (TPSA) is 67.5 Å². The minimum Gasteiger partial charge on any atom is -0.497 e. The van der Waals surface area contributed by atoms with Gasteiger partial charge in [0.1, 0.15) is 5.65 Å². The summed E-state index contributed by atoms with van der Waals surface area (Å²) in [6, 6.07) is 4.43. The van der Waals surface area contributed by atoms with E-state index in [1.807, 2.05) is 12.3 Å². The number of nitrogens with one attached hydrogen (secondary N) is 1. The van der Waals surface area contributed by atoms with Gasteiger partial charge in [-0.3, -0.25) is 4.90 Å². The number of ether oxygens (including phenoxy) is 2. The van der Waals surface area contributed by atoms with Gasteiger partial charge in [-0.25, -0.2) is 9.78 Å². The fraction of sp³-hybridized carbons (Fsp3) is 0.500. The average Bonchev–Trinajstić information content (AvgIpc) is 3.06. The molecule has 4 atom stereocenters. The number of aromatic amines is 1. The summed E-state index contributed by atoms with van der Waals surface area (Å²) in [5.74, 6) is 0.210. The Bertz CT molecular complexity index is 903. The summed E-state index contributed by atoms with van der Waals surface area (Å²) in [5, 5.41) is 1.23. The standard InChI is InChI=1S/C20H23N3O3/c1-11-15-9-23-7-5-12-13-4-3-6-21-19(13)22-18(12)17(23)8-14(15)16(10-26-11)20(24)25-2/h3-4,6,10-11,14-15,17H,5,7-9H2,1-2H3,(H,21,22)/t11-,14-,15+,17-/m0/s1. The van der Waals surface area contributed by atoms with Gasteiger partial charge in [-0.15, -0.1) is 0 Å². The summed E-state index contributed by atoms with van der Waals surface area (Å²) in [5.41, 5.74) is 4.30. The lowest BCUT2D eigenvalue weighted by atomic mass is 9.72. The van der Waals surface area contributed by atoms with Crippen molar-refractivity contribution < 1.29 is 14.3 Å². The first-order valence-electron chi connectivity index (χ1n) is 9.30. The van der Waals surface area contributed by atoms with Crippen molar-refractivity contribution in [2.75, 3.05) is 20.2 Å². The number of nitrogens with zero attached hydrogens (tertiary/aromatic N) is 2. The Balaban J connectivity index is 1.55. The summed E-state index contributed by atoms with van der Waals surface area (Å²) in [6.45, 7) is 4.07. The van der Waals surface area contributed by atoms with Crippen LogP contribution in [0.25, 0.3) is 11.0 Å². The zero-order chi connectivity index (χ0) is 17.8. The smallest absolute Gasteiger partial charge is 0.337 e. The maximum Gasteiger partial charge on any atom is 0.337 e. The van der Waals surface area contributed by atoms with E-state index in [1.165, 1.54) is 23.8 Å². The molecular formula is C20H23N3O3. The predicted octanol–water partition coefficient (Wildman–Crippen LogP) is 2.57. The Morgan fingerprint density at radius 1 is 1.46 bits per heavy atom. The second-order valence-corrected chi connectivity index (χ2v) is 7.59. The number of esters is 1. The lowest BCUT2D eigenvalue weighted by Crippen LogP contribution is -2.51. The summed E-state index contributed by atoms with van der Waals surface area (Å²) in [7, 11) is 1.44. The monoisotopic (exact) mass is 353 g/mol. The van der Waals surface area contributed by atoms with Crippen LogP contribution in [-0.2, 0) is 20.7 Å². The maximum atomic E-state index is 12.3. The molecule has 3 aliphatic rings. The van der Waals surface area contributed by atoms with Gasteiger partial charge in [0.15, 0.2) is 0 Å². The van der Waals surface area contributed by atoms with Crippen molar-refractivity contribution in [1.29, 1.82) is 0 Å². The third-order valence-electron chi connectivity index (χ3n) is 6.41. The molecule has 0 radical (unpaired) electrons. The first-order chi connectivity index (χ1) is 12.7. The van der Waals surface area contributed by atoms with Crippen LogP contribution < -0.4 is 0 Å². The molecule has 1 fully saturated rings. The van der Waals surface area contributed by atoms with Crippen LogP contribution >= 0.6 is 0 Å². The molecule has 0 spiro atoms. The zero-order valence-corrected chi connectivity index (χ0v) is 15.1. The fourth-order valence-corrected chi connectivity index (χ4v) is 5.06. The molecule has 0 saturated carbocycles. The number of hydrogen-bond donors (Lipinski definition) is 1. The predicted molar refractivity (Wildman–Crippen MR) is 96.4 cm³/mol. The van der Waals surface area contributed by atoms with Crippen LogP contribution in [0, 0.1) is 11.8 Å². The molecule has 136 valence electrons. The van der Waals surface area contributed by atoms with Crippen molar-refractivity contribution in [1.82, 2.24) is 14.9 Å². The minimum absolute atomic E-state index is 0.111. The van der Waals surface area contributed by atoms with Crippen molar-refractivity contribution in [3.63, 3.8) is 0 Å². The van der Waals surface area contributed by atoms with E-state index in [4.69, 9.17) is 9.47 Å². The SMILES string of the molecule is COC(=O)C1=CO[C@@H](C)[C@H]2CN3CCc4c([nH]c5ncccc45)[C@@H]3C[C@H]12. The summed E-state index contributed by atoms with van der Waals surface area (Å²) in [4.78, 5) is 22.9. The third-order valence-corrected chi connectivity index (χ3v) is 6.41. The highest BCUT2D eigenvalue weighted by atomic mass is 16.5. The molecule has 0 amide bonds. The largest absolute Gasteiger partial charge is 0.497 e. The van der Waals surface area contributed by atoms with E-state index in [2.05, 4.69) is 27.9 Å². The Morgan fingerprint density at radius 3 is 3.19 bits per heavy atom. The minimum atomic E-state index is -0.269. The summed E-state index contributed by atoms with van der Waals surface area (Å²) >= 11 is 0. The van der Waals surface area contributed by atoms with Gasteiger partial charge in [-0.1, -0.05) is 0 Å². The highest BCUT2D eigenvalue weighted by Crippen LogP contribution is 2.47. The van der Waals surface area contributed by atoms with E-state index in [9.17, 15) is 4.79 Å². The van der Waals surface area contributed by atoms with Crippen LogP contribution in [0.4, 0.5) is 0 Å². The number of carbonyl (C=O) groups is 1. The molecule has 0 unspecified atom stereocenters. The maximum absolute atomic E-state index is 12.3. The molecule has 6 heteroatoms. The number of fused-ring (bicyclic) bond motifs is 6. The van der Waals surface area contributed by atoms with Crippen LogP contribution in [0.5, 0.6) is 0 Å². The number of rotatable bonds is 1. The van der Waals surface area contributed by atoms with Gasteiger partial charge in [-0.05, 0) is 37.5 Å². The van der Waals surface area contributed by atoms with Crippen molar-refractivity contribution >= 4 is 17.0 Å². The molecule has 1 N–H and O–H groups in total. The Morgan fingerprint density at radius 2 is 2.35 bits per heavy atom. The molecule has 6 nitrogen and oxygen atoms in total. The summed E-state index contributed by atoms with van der Waals surface area (Å²) < 4.78 is 10.8. The van der Waals surface area contributed by atoms with E-state index in [0.29, 0.717) is 11.5 Å². The van der Waals surface area contributed by atoms with E-state index in [1.54, 1.807) is 6.26 Å². The number of H-pyrrole nitrogens is 1. The van der Waals surface area contributed by atoms with Gasteiger partial charge in [-0.2, -0.15) is 0 Å². The lowest BCUT2D eigenvalue weighted by Gasteiger charge is -2.49. The number of carbonyl (C=O) groups excluding carboxylic acids is 1. The molecule has 1 saturated heterocycles. The Kier molecular flexibility index (Phi) is 3.57. The lowest BCUT2D eigenvalue weighted by molar-refractivity contribution is -0.139. The number of hydrogen-bond acceptors (Lipinski definition) is 5. The fourth-order valence-electron chi connectivity index (χ4n) is 5.06. The second kappa shape index (κ2) is 5.84. The van der Waals surface area contributed by atoms with Crippen LogP contribution in [0.3, 0.4) is 0 Å². The highest BCUT2D eigenvalue weighted by Gasteiger charge is 2.46. The van der Waals surface area contributed by atoms with E-state index in [-0.39, 0.29) is 24.0 Å². The number of piperidine rings is 1. The molecule has 5 rings (SSSR count). The first-order valence-corrected chi connectivity index (χ1v) is 9.30.